The van der Waals surface area contributed by atoms with Crippen LogP contribution in [0.1, 0.15) is 27.7 Å². The zero-order valence-corrected chi connectivity index (χ0v) is 9.16. The number of aliphatic imine (C=N–C) groups is 1. The van der Waals surface area contributed by atoms with Gasteiger partial charge in [-0.05, 0) is 19.7 Å². The van der Waals surface area contributed by atoms with Crippen LogP contribution in [0, 0.1) is 5.41 Å². The van der Waals surface area contributed by atoms with Gasteiger partial charge in [0.25, 0.3) is 0 Å². The van der Waals surface area contributed by atoms with Gasteiger partial charge in [-0.2, -0.15) is 0 Å². The number of hydrogen-bond donors (Lipinski definition) is 1. The molecule has 0 bridgehead atoms. The summed E-state index contributed by atoms with van der Waals surface area (Å²) in [6, 6.07) is 0. The van der Waals surface area contributed by atoms with Crippen LogP contribution in [0.25, 0.3) is 0 Å². The van der Waals surface area contributed by atoms with Gasteiger partial charge in [-0.15, -0.1) is 0 Å². The highest BCUT2D eigenvalue weighted by Crippen LogP contribution is 2.25. The molecule has 0 unspecified atom stereocenters. The molecule has 0 atom stereocenters. The van der Waals surface area contributed by atoms with E-state index in [-0.39, 0.29) is 11.0 Å². The molecule has 14 heavy (non-hydrogen) atoms. The number of aliphatic carboxylic acids is 1. The Morgan fingerprint density at radius 1 is 1.36 bits per heavy atom. The van der Waals surface area contributed by atoms with Gasteiger partial charge in [-0.1, -0.05) is 26.8 Å². The lowest BCUT2D eigenvalue weighted by molar-refractivity contribution is -0.132. The minimum Gasteiger partial charge on any atom is -0.478 e. The quantitative estimate of drug-likeness (QED) is 0.427. The van der Waals surface area contributed by atoms with Crippen LogP contribution in [0.4, 0.5) is 0 Å². The fourth-order valence-corrected chi connectivity index (χ4v) is 0.815. The van der Waals surface area contributed by atoms with Crippen LogP contribution in [-0.4, -0.2) is 17.8 Å². The topological polar surface area (TPSA) is 49.7 Å². The predicted molar refractivity (Wildman–Crippen MR) is 58.5 cm³/mol. The molecular formula is C11H17NO2. The summed E-state index contributed by atoms with van der Waals surface area (Å²) in [5.74, 6) is -0.918. The number of allylic oxidation sites excluding steroid dienone is 3. The van der Waals surface area contributed by atoms with Crippen LogP contribution in [0.5, 0.6) is 0 Å². The molecule has 3 nitrogen and oxygen atoms in total. The second-order valence-electron chi connectivity index (χ2n) is 4.11. The highest BCUT2D eigenvalue weighted by Gasteiger charge is 2.14. The average Bonchev–Trinajstić information content (AvgIpc) is 2.02. The van der Waals surface area contributed by atoms with Gasteiger partial charge in [0.2, 0.25) is 0 Å². The molecule has 0 rings (SSSR count). The molecule has 0 aliphatic heterocycles. The molecule has 0 aromatic heterocycles. The summed E-state index contributed by atoms with van der Waals surface area (Å²) in [5.41, 5.74) is 0.949. The largest absolute Gasteiger partial charge is 0.478 e. The van der Waals surface area contributed by atoms with Crippen molar-refractivity contribution in [3.63, 3.8) is 0 Å². The van der Waals surface area contributed by atoms with Crippen molar-refractivity contribution < 1.29 is 9.90 Å². The van der Waals surface area contributed by atoms with Crippen molar-refractivity contribution in [2.24, 2.45) is 10.4 Å². The minimum atomic E-state index is -0.918. The molecule has 0 saturated carbocycles. The van der Waals surface area contributed by atoms with Gasteiger partial charge in [-0.3, -0.25) is 4.99 Å². The third kappa shape index (κ3) is 4.03. The first-order valence-electron chi connectivity index (χ1n) is 4.38. The van der Waals surface area contributed by atoms with Gasteiger partial charge < -0.3 is 5.11 Å². The molecule has 0 fully saturated rings. The summed E-state index contributed by atoms with van der Waals surface area (Å²) < 4.78 is 0. The van der Waals surface area contributed by atoms with Gasteiger partial charge in [0.1, 0.15) is 0 Å². The smallest absolute Gasteiger partial charge is 0.331 e. The molecule has 3 heteroatoms. The van der Waals surface area contributed by atoms with E-state index in [2.05, 4.69) is 11.7 Å². The molecule has 0 aliphatic rings. The highest BCUT2D eigenvalue weighted by atomic mass is 16.4. The maximum Gasteiger partial charge on any atom is 0.331 e. The summed E-state index contributed by atoms with van der Waals surface area (Å²) in [6.07, 6.45) is 3.23. The van der Waals surface area contributed by atoms with Crippen molar-refractivity contribution >= 4 is 12.7 Å². The van der Waals surface area contributed by atoms with E-state index in [1.165, 1.54) is 6.08 Å². The van der Waals surface area contributed by atoms with E-state index in [0.717, 1.165) is 5.70 Å². The third-order valence-electron chi connectivity index (χ3n) is 1.77. The fourth-order valence-electron chi connectivity index (χ4n) is 0.815. The first-order valence-corrected chi connectivity index (χ1v) is 4.38. The maximum absolute atomic E-state index is 10.5. The van der Waals surface area contributed by atoms with Crippen molar-refractivity contribution in [3.8, 4) is 0 Å². The van der Waals surface area contributed by atoms with Gasteiger partial charge in [-0.25, -0.2) is 4.79 Å². The van der Waals surface area contributed by atoms with Crippen molar-refractivity contribution in [1.29, 1.82) is 0 Å². The highest BCUT2D eigenvalue weighted by molar-refractivity contribution is 5.86. The first-order chi connectivity index (χ1) is 6.29. The molecule has 78 valence electrons. The molecule has 0 spiro atoms. The van der Waals surface area contributed by atoms with Crippen LogP contribution < -0.4 is 0 Å². The standard InChI is InChI=1S/C11H17NO2/c1-8(10(13)14)6-7-9(12-5)11(2,3)4/h6-7H,5H2,1-4H3,(H,13,14)/b8-6+,9-7-. The fraction of sp³-hybridized carbons (Fsp3) is 0.455. The monoisotopic (exact) mass is 195 g/mol. The van der Waals surface area contributed by atoms with Gasteiger partial charge in [0.05, 0.1) is 0 Å². The predicted octanol–water partition coefficient (Wildman–Crippen LogP) is 2.65. The summed E-state index contributed by atoms with van der Waals surface area (Å²) >= 11 is 0. The van der Waals surface area contributed by atoms with E-state index < -0.39 is 5.97 Å². The zero-order chi connectivity index (χ0) is 11.4. The molecule has 0 aromatic rings. The minimum absolute atomic E-state index is 0.114. The Morgan fingerprint density at radius 3 is 2.14 bits per heavy atom. The van der Waals surface area contributed by atoms with Gasteiger partial charge in [0.15, 0.2) is 0 Å². The number of nitrogens with zero attached hydrogens (tertiary/aromatic N) is 1. The van der Waals surface area contributed by atoms with Crippen molar-refractivity contribution in [2.45, 2.75) is 27.7 Å². The molecule has 0 amide bonds. The molecule has 0 aliphatic carbocycles. The molecule has 1 N–H and O–H groups in total. The summed E-state index contributed by atoms with van der Waals surface area (Å²) in [7, 11) is 0. The number of rotatable bonds is 3. The van der Waals surface area contributed by atoms with E-state index >= 15 is 0 Å². The van der Waals surface area contributed by atoms with E-state index in [9.17, 15) is 4.79 Å². The SMILES string of the molecule is C=N/C(=C\C=C(/C)C(=O)O)C(C)(C)C. The lowest BCUT2D eigenvalue weighted by Crippen LogP contribution is -2.07. The number of carboxylic acids is 1. The Balaban J connectivity index is 4.90. The van der Waals surface area contributed by atoms with E-state index in [0.29, 0.717) is 0 Å². The van der Waals surface area contributed by atoms with Crippen molar-refractivity contribution in [1.82, 2.24) is 0 Å². The summed E-state index contributed by atoms with van der Waals surface area (Å²) in [4.78, 5) is 14.4. The van der Waals surface area contributed by atoms with Crippen LogP contribution in [0.15, 0.2) is 28.4 Å². The molecule has 0 aromatic carbocycles. The third-order valence-corrected chi connectivity index (χ3v) is 1.77. The second-order valence-corrected chi connectivity index (χ2v) is 4.11. The lowest BCUT2D eigenvalue weighted by Gasteiger charge is -2.18. The Labute approximate surface area is 84.9 Å². The normalized spacial score (nSPS) is 14.0. The number of carbonyl (C=O) groups is 1. The van der Waals surface area contributed by atoms with Gasteiger partial charge >= 0.3 is 5.97 Å². The summed E-state index contributed by atoms with van der Waals surface area (Å²) in [5, 5.41) is 8.63. The first kappa shape index (κ1) is 12.6. The second kappa shape index (κ2) is 4.74. The van der Waals surface area contributed by atoms with Crippen LogP contribution in [0.3, 0.4) is 0 Å². The Morgan fingerprint density at radius 2 is 1.86 bits per heavy atom. The summed E-state index contributed by atoms with van der Waals surface area (Å²) in [6.45, 7) is 11.0. The van der Waals surface area contributed by atoms with E-state index in [1.54, 1.807) is 13.0 Å². The van der Waals surface area contributed by atoms with Crippen molar-refractivity contribution in [3.05, 3.63) is 23.4 Å². The molecular weight excluding hydrogens is 178 g/mol. The Bertz CT molecular complexity index is 293. The van der Waals surface area contributed by atoms with E-state index in [4.69, 9.17) is 5.11 Å². The average molecular weight is 195 g/mol. The van der Waals surface area contributed by atoms with Crippen LogP contribution in [-0.2, 0) is 4.79 Å². The molecule has 0 heterocycles. The van der Waals surface area contributed by atoms with Crippen LogP contribution in [0.2, 0.25) is 0 Å². The number of hydrogen-bond acceptors (Lipinski definition) is 2. The molecule has 0 radical (unpaired) electrons. The van der Waals surface area contributed by atoms with Crippen molar-refractivity contribution in [2.75, 3.05) is 0 Å². The Kier molecular flexibility index (Phi) is 4.28. The number of carboxylic acid groups (broad SMARTS) is 1. The molecule has 0 saturated heterocycles. The van der Waals surface area contributed by atoms with Gasteiger partial charge in [0, 0.05) is 16.7 Å². The van der Waals surface area contributed by atoms with E-state index in [1.807, 2.05) is 20.8 Å². The zero-order valence-electron chi connectivity index (χ0n) is 9.16. The lowest BCUT2D eigenvalue weighted by atomic mass is 9.92. The Hall–Kier alpha value is -1.38. The van der Waals surface area contributed by atoms with Crippen LogP contribution >= 0.6 is 0 Å². The maximum atomic E-state index is 10.5.